The van der Waals surface area contributed by atoms with Gasteiger partial charge in [0.15, 0.2) is 5.78 Å². The molecule has 27 heavy (non-hydrogen) atoms. The lowest BCUT2D eigenvalue weighted by Crippen LogP contribution is -2.34. The lowest BCUT2D eigenvalue weighted by molar-refractivity contribution is 0.104. The van der Waals surface area contributed by atoms with E-state index in [-0.39, 0.29) is 24.0 Å². The number of ether oxygens (including phenoxy) is 1. The molecule has 0 aromatic heterocycles. The van der Waals surface area contributed by atoms with E-state index in [4.69, 9.17) is 4.74 Å². The number of allylic oxidation sites excluding steroid dienone is 1. The highest BCUT2D eigenvalue weighted by molar-refractivity contribution is 6.07. The zero-order chi connectivity index (χ0) is 19.8. The summed E-state index contributed by atoms with van der Waals surface area (Å²) in [7, 11) is 0. The molecule has 2 rings (SSSR count). The fourth-order valence-corrected chi connectivity index (χ4v) is 2.39. The largest absolute Gasteiger partial charge is 0.490 e. The number of urea groups is 1. The van der Waals surface area contributed by atoms with Crippen LogP contribution in [0.15, 0.2) is 54.6 Å². The van der Waals surface area contributed by atoms with E-state index in [1.807, 2.05) is 52.0 Å². The maximum atomic E-state index is 12.4. The van der Waals surface area contributed by atoms with Crippen LogP contribution in [0.5, 0.6) is 5.75 Å². The van der Waals surface area contributed by atoms with Crippen LogP contribution >= 0.6 is 0 Å². The van der Waals surface area contributed by atoms with E-state index in [2.05, 4.69) is 10.6 Å². The van der Waals surface area contributed by atoms with E-state index >= 15 is 0 Å². The van der Waals surface area contributed by atoms with Crippen molar-refractivity contribution in [1.29, 1.82) is 0 Å². The van der Waals surface area contributed by atoms with Crippen molar-refractivity contribution in [3.8, 4) is 5.75 Å². The van der Waals surface area contributed by atoms with Crippen LogP contribution in [0.3, 0.4) is 0 Å². The molecule has 0 heterocycles. The van der Waals surface area contributed by atoms with Crippen molar-refractivity contribution >= 4 is 23.6 Å². The Balaban J connectivity index is 2.04. The Morgan fingerprint density at radius 3 is 2.26 bits per heavy atom. The van der Waals surface area contributed by atoms with Crippen LogP contribution in [0.2, 0.25) is 0 Å². The van der Waals surface area contributed by atoms with Gasteiger partial charge in [0.2, 0.25) is 0 Å². The summed E-state index contributed by atoms with van der Waals surface area (Å²) >= 11 is 0. The smallest absolute Gasteiger partial charge is 0.319 e. The van der Waals surface area contributed by atoms with E-state index < -0.39 is 0 Å². The molecule has 0 bridgehead atoms. The number of nitrogens with one attached hydrogen (secondary N) is 2. The summed E-state index contributed by atoms with van der Waals surface area (Å²) in [5.41, 5.74) is 2.02. The summed E-state index contributed by atoms with van der Waals surface area (Å²) in [5, 5.41) is 5.47. The molecule has 2 aromatic rings. The molecule has 0 saturated heterocycles. The highest BCUT2D eigenvalue weighted by Crippen LogP contribution is 2.21. The average Bonchev–Trinajstić information content (AvgIpc) is 2.60. The van der Waals surface area contributed by atoms with Gasteiger partial charge in [-0.05, 0) is 70.2 Å². The molecule has 5 heteroatoms. The normalized spacial score (nSPS) is 11.0. The van der Waals surface area contributed by atoms with Crippen molar-refractivity contribution in [3.63, 3.8) is 0 Å². The summed E-state index contributed by atoms with van der Waals surface area (Å²) in [6, 6.07) is 14.2. The zero-order valence-electron chi connectivity index (χ0n) is 16.2. The standard InChI is InChI=1S/C22H26N2O3/c1-15(2)23-22(26)24-19-12-9-17(10-13-19)20(25)14-11-18-7-5-6-8-21(18)27-16(3)4/h5-16H,1-4H3,(H2,23,24,26)/b14-11+. The van der Waals surface area contributed by atoms with Gasteiger partial charge in [0, 0.05) is 22.9 Å². The Morgan fingerprint density at radius 2 is 1.63 bits per heavy atom. The van der Waals surface area contributed by atoms with Crippen LogP contribution in [-0.2, 0) is 0 Å². The number of ketones is 1. The van der Waals surface area contributed by atoms with Crippen LogP contribution in [0.25, 0.3) is 6.08 Å². The van der Waals surface area contributed by atoms with Crippen molar-refractivity contribution in [3.05, 3.63) is 65.7 Å². The second-order valence-corrected chi connectivity index (χ2v) is 6.73. The molecule has 0 unspecified atom stereocenters. The number of amides is 2. The first-order chi connectivity index (χ1) is 12.8. The number of benzene rings is 2. The van der Waals surface area contributed by atoms with E-state index in [0.717, 1.165) is 11.3 Å². The van der Waals surface area contributed by atoms with Crippen LogP contribution in [-0.4, -0.2) is 24.0 Å². The van der Waals surface area contributed by atoms with Gasteiger partial charge in [0.25, 0.3) is 0 Å². The summed E-state index contributed by atoms with van der Waals surface area (Å²) in [4.78, 5) is 24.1. The summed E-state index contributed by atoms with van der Waals surface area (Å²) < 4.78 is 5.75. The third-order valence-electron chi connectivity index (χ3n) is 3.54. The Hall–Kier alpha value is -3.08. The molecule has 5 nitrogen and oxygen atoms in total. The lowest BCUT2D eigenvalue weighted by atomic mass is 10.1. The molecule has 0 aliphatic heterocycles. The first-order valence-corrected chi connectivity index (χ1v) is 9.01. The molecular formula is C22H26N2O3. The van der Waals surface area contributed by atoms with E-state index in [1.165, 1.54) is 6.08 Å². The van der Waals surface area contributed by atoms with Crippen molar-refractivity contribution < 1.29 is 14.3 Å². The van der Waals surface area contributed by atoms with E-state index in [0.29, 0.717) is 11.3 Å². The van der Waals surface area contributed by atoms with Gasteiger partial charge in [-0.15, -0.1) is 0 Å². The topological polar surface area (TPSA) is 67.4 Å². The quantitative estimate of drug-likeness (QED) is 0.541. The maximum Gasteiger partial charge on any atom is 0.319 e. The highest BCUT2D eigenvalue weighted by atomic mass is 16.5. The molecule has 0 atom stereocenters. The SMILES string of the molecule is CC(C)NC(=O)Nc1ccc(C(=O)/C=C/c2ccccc2OC(C)C)cc1. The fraction of sp³-hybridized carbons (Fsp3) is 0.273. The van der Waals surface area contributed by atoms with Gasteiger partial charge >= 0.3 is 6.03 Å². The molecule has 0 spiro atoms. The second kappa shape index (κ2) is 9.57. The Bertz CT molecular complexity index is 809. The summed E-state index contributed by atoms with van der Waals surface area (Å²) in [6.45, 7) is 7.70. The molecule has 0 radical (unpaired) electrons. The lowest BCUT2D eigenvalue weighted by Gasteiger charge is -2.12. The Morgan fingerprint density at radius 1 is 0.963 bits per heavy atom. The van der Waals surface area contributed by atoms with E-state index in [1.54, 1.807) is 30.3 Å². The molecule has 0 aliphatic rings. The van der Waals surface area contributed by atoms with Gasteiger partial charge in [0.05, 0.1) is 6.10 Å². The second-order valence-electron chi connectivity index (χ2n) is 6.73. The maximum absolute atomic E-state index is 12.4. The van der Waals surface area contributed by atoms with Crippen LogP contribution in [0.4, 0.5) is 10.5 Å². The number of anilines is 1. The molecule has 142 valence electrons. The van der Waals surface area contributed by atoms with Crippen LogP contribution in [0.1, 0.15) is 43.6 Å². The van der Waals surface area contributed by atoms with Gasteiger partial charge in [-0.1, -0.05) is 18.2 Å². The monoisotopic (exact) mass is 366 g/mol. The highest BCUT2D eigenvalue weighted by Gasteiger charge is 2.07. The van der Waals surface area contributed by atoms with Crippen molar-refractivity contribution in [1.82, 2.24) is 5.32 Å². The number of hydrogen-bond acceptors (Lipinski definition) is 3. The van der Waals surface area contributed by atoms with Crippen LogP contribution < -0.4 is 15.4 Å². The molecule has 0 aliphatic carbocycles. The van der Waals surface area contributed by atoms with Crippen molar-refractivity contribution in [2.45, 2.75) is 39.8 Å². The predicted molar refractivity (Wildman–Crippen MR) is 109 cm³/mol. The minimum atomic E-state index is -0.272. The minimum Gasteiger partial charge on any atom is -0.490 e. The van der Waals surface area contributed by atoms with Gasteiger partial charge < -0.3 is 15.4 Å². The summed E-state index contributed by atoms with van der Waals surface area (Å²) in [6.07, 6.45) is 3.34. The molecule has 2 N–H and O–H groups in total. The number of para-hydroxylation sites is 1. The first-order valence-electron chi connectivity index (χ1n) is 9.01. The molecule has 0 fully saturated rings. The Labute approximate surface area is 160 Å². The third-order valence-corrected chi connectivity index (χ3v) is 3.54. The predicted octanol–water partition coefficient (Wildman–Crippen LogP) is 4.90. The third kappa shape index (κ3) is 6.62. The first kappa shape index (κ1) is 20.2. The fourth-order valence-electron chi connectivity index (χ4n) is 2.39. The Kier molecular flexibility index (Phi) is 7.17. The number of rotatable bonds is 7. The zero-order valence-corrected chi connectivity index (χ0v) is 16.2. The summed E-state index contributed by atoms with van der Waals surface area (Å²) in [5.74, 6) is 0.625. The number of hydrogen-bond donors (Lipinski definition) is 2. The number of carbonyl (C=O) groups is 2. The molecule has 2 amide bonds. The molecular weight excluding hydrogens is 340 g/mol. The average molecular weight is 366 g/mol. The van der Waals surface area contributed by atoms with E-state index in [9.17, 15) is 9.59 Å². The van der Waals surface area contributed by atoms with Gasteiger partial charge in [0.1, 0.15) is 5.75 Å². The minimum absolute atomic E-state index is 0.0542. The van der Waals surface area contributed by atoms with Gasteiger partial charge in [-0.25, -0.2) is 4.79 Å². The number of carbonyl (C=O) groups excluding carboxylic acids is 2. The molecule has 0 saturated carbocycles. The molecule has 2 aromatic carbocycles. The van der Waals surface area contributed by atoms with Crippen molar-refractivity contribution in [2.24, 2.45) is 0 Å². The van der Waals surface area contributed by atoms with Gasteiger partial charge in [-0.3, -0.25) is 4.79 Å². The van der Waals surface area contributed by atoms with Crippen LogP contribution in [0, 0.1) is 0 Å². The van der Waals surface area contributed by atoms with Crippen molar-refractivity contribution in [2.75, 3.05) is 5.32 Å². The van der Waals surface area contributed by atoms with Gasteiger partial charge in [-0.2, -0.15) is 0 Å².